The highest BCUT2D eigenvalue weighted by molar-refractivity contribution is 5.93. The zero-order chi connectivity index (χ0) is 14.0. The molecule has 2 heterocycles. The Balaban J connectivity index is 1.72. The molecule has 1 N–H and O–H groups in total. The molecule has 0 bridgehead atoms. The maximum atomic E-state index is 12.7. The quantitative estimate of drug-likeness (QED) is 0.857. The van der Waals surface area contributed by atoms with E-state index in [0.29, 0.717) is 31.8 Å². The Hall–Kier alpha value is -1.92. The van der Waals surface area contributed by atoms with Crippen molar-refractivity contribution in [1.82, 2.24) is 20.4 Å². The minimum atomic E-state index is -0.664. The fourth-order valence-electron chi connectivity index (χ4n) is 3.09. The summed E-state index contributed by atoms with van der Waals surface area (Å²) in [4.78, 5) is 30.3. The Labute approximate surface area is 116 Å². The van der Waals surface area contributed by atoms with Crippen LogP contribution >= 0.6 is 0 Å². The van der Waals surface area contributed by atoms with Gasteiger partial charge in [0.2, 0.25) is 17.7 Å². The van der Waals surface area contributed by atoms with Crippen LogP contribution in [0.4, 0.5) is 0 Å². The first kappa shape index (κ1) is 13.1. The van der Waals surface area contributed by atoms with E-state index in [1.165, 1.54) is 6.33 Å². The fourth-order valence-corrected chi connectivity index (χ4v) is 3.09. The predicted molar refractivity (Wildman–Crippen MR) is 68.5 cm³/mol. The molecule has 1 aromatic rings. The van der Waals surface area contributed by atoms with Gasteiger partial charge in [0.25, 0.3) is 0 Å². The van der Waals surface area contributed by atoms with Crippen molar-refractivity contribution < 1.29 is 14.1 Å². The lowest BCUT2D eigenvalue weighted by atomic mass is 9.96. The fraction of sp³-hybridized carbons (Fsp3) is 0.692. The van der Waals surface area contributed by atoms with Crippen molar-refractivity contribution in [2.45, 2.75) is 44.1 Å². The maximum Gasteiger partial charge on any atom is 0.248 e. The van der Waals surface area contributed by atoms with Gasteiger partial charge in [-0.1, -0.05) is 18.0 Å². The highest BCUT2D eigenvalue weighted by atomic mass is 16.5. The second kappa shape index (κ2) is 5.22. The van der Waals surface area contributed by atoms with E-state index < -0.39 is 5.54 Å². The number of amides is 2. The van der Waals surface area contributed by atoms with Gasteiger partial charge in [0.05, 0.1) is 0 Å². The molecule has 1 aliphatic carbocycles. The van der Waals surface area contributed by atoms with Crippen molar-refractivity contribution in [3.8, 4) is 0 Å². The van der Waals surface area contributed by atoms with Crippen LogP contribution in [-0.2, 0) is 16.0 Å². The van der Waals surface area contributed by atoms with Crippen LogP contribution in [-0.4, -0.2) is 45.5 Å². The molecule has 1 aromatic heterocycles. The van der Waals surface area contributed by atoms with Gasteiger partial charge < -0.3 is 14.7 Å². The first-order valence-corrected chi connectivity index (χ1v) is 7.06. The summed E-state index contributed by atoms with van der Waals surface area (Å²) in [6.45, 7) is 0.971. The van der Waals surface area contributed by atoms with Crippen molar-refractivity contribution in [1.29, 1.82) is 0 Å². The molecule has 0 aromatic carbocycles. The summed E-state index contributed by atoms with van der Waals surface area (Å²) in [6, 6.07) is 0. The summed E-state index contributed by atoms with van der Waals surface area (Å²) in [5.74, 6) is 0.530. The van der Waals surface area contributed by atoms with Crippen LogP contribution in [0.5, 0.6) is 0 Å². The van der Waals surface area contributed by atoms with Gasteiger partial charge in [-0.2, -0.15) is 4.98 Å². The molecule has 2 fully saturated rings. The second-order valence-electron chi connectivity index (χ2n) is 5.46. The number of nitrogens with one attached hydrogen (secondary N) is 1. The molecule has 20 heavy (non-hydrogen) atoms. The molecule has 0 unspecified atom stereocenters. The van der Waals surface area contributed by atoms with Crippen LogP contribution in [0.15, 0.2) is 10.9 Å². The maximum absolute atomic E-state index is 12.7. The molecule has 2 amide bonds. The molecule has 1 aliphatic heterocycles. The molecule has 0 atom stereocenters. The number of hydrogen-bond acceptors (Lipinski definition) is 5. The van der Waals surface area contributed by atoms with Crippen molar-refractivity contribution in [2.24, 2.45) is 0 Å². The van der Waals surface area contributed by atoms with E-state index in [0.717, 1.165) is 25.7 Å². The molecular weight excluding hydrogens is 260 g/mol. The van der Waals surface area contributed by atoms with Gasteiger partial charge in [0.1, 0.15) is 5.54 Å². The van der Waals surface area contributed by atoms with Gasteiger partial charge >= 0.3 is 0 Å². The zero-order valence-corrected chi connectivity index (χ0v) is 11.3. The summed E-state index contributed by atoms with van der Waals surface area (Å²) >= 11 is 0. The lowest BCUT2D eigenvalue weighted by Gasteiger charge is -2.31. The Kier molecular flexibility index (Phi) is 3.42. The van der Waals surface area contributed by atoms with E-state index in [2.05, 4.69) is 15.5 Å². The largest absolute Gasteiger partial charge is 0.342 e. The second-order valence-corrected chi connectivity index (χ2v) is 5.46. The Bertz CT molecular complexity index is 494. The number of aromatic nitrogens is 2. The van der Waals surface area contributed by atoms with Gasteiger partial charge in [-0.3, -0.25) is 9.59 Å². The van der Waals surface area contributed by atoms with Gasteiger partial charge in [-0.05, 0) is 12.8 Å². The van der Waals surface area contributed by atoms with Crippen LogP contribution in [0, 0.1) is 0 Å². The Morgan fingerprint density at radius 1 is 1.35 bits per heavy atom. The highest BCUT2D eigenvalue weighted by Crippen LogP contribution is 2.32. The first-order chi connectivity index (χ1) is 9.70. The number of rotatable bonds is 3. The normalized spacial score (nSPS) is 22.1. The number of carbonyl (C=O) groups is 2. The van der Waals surface area contributed by atoms with Crippen LogP contribution in [0.3, 0.4) is 0 Å². The van der Waals surface area contributed by atoms with Gasteiger partial charge in [0.15, 0.2) is 6.33 Å². The molecule has 1 spiro atoms. The minimum absolute atomic E-state index is 0.0273. The third-order valence-corrected chi connectivity index (χ3v) is 4.14. The van der Waals surface area contributed by atoms with Crippen molar-refractivity contribution in [3.05, 3.63) is 12.2 Å². The summed E-state index contributed by atoms with van der Waals surface area (Å²) in [7, 11) is 0. The van der Waals surface area contributed by atoms with Crippen LogP contribution in [0.1, 0.15) is 38.0 Å². The Morgan fingerprint density at radius 3 is 2.85 bits per heavy atom. The monoisotopic (exact) mass is 278 g/mol. The molecule has 7 heteroatoms. The lowest BCUT2D eigenvalue weighted by Crippen LogP contribution is -2.55. The predicted octanol–water partition coefficient (Wildman–Crippen LogP) is 0.273. The van der Waals surface area contributed by atoms with E-state index in [4.69, 9.17) is 4.52 Å². The van der Waals surface area contributed by atoms with Crippen molar-refractivity contribution in [2.75, 3.05) is 13.1 Å². The van der Waals surface area contributed by atoms with E-state index in [9.17, 15) is 9.59 Å². The molecule has 108 valence electrons. The summed E-state index contributed by atoms with van der Waals surface area (Å²) in [5.41, 5.74) is -0.664. The van der Waals surface area contributed by atoms with Gasteiger partial charge in [0, 0.05) is 25.9 Å². The summed E-state index contributed by atoms with van der Waals surface area (Å²) < 4.78 is 4.95. The summed E-state index contributed by atoms with van der Waals surface area (Å²) in [6.07, 6.45) is 5.70. The molecular formula is C13H18N4O3. The average Bonchev–Trinajstić information content (AvgIpc) is 3.07. The van der Waals surface area contributed by atoms with E-state index in [-0.39, 0.29) is 11.8 Å². The third kappa shape index (κ3) is 2.39. The molecule has 1 saturated heterocycles. The zero-order valence-electron chi connectivity index (χ0n) is 11.3. The first-order valence-electron chi connectivity index (χ1n) is 7.06. The molecule has 7 nitrogen and oxygen atoms in total. The number of nitrogens with zero attached hydrogens (tertiary/aromatic N) is 3. The third-order valence-electron chi connectivity index (χ3n) is 4.14. The molecule has 1 saturated carbocycles. The van der Waals surface area contributed by atoms with Crippen molar-refractivity contribution in [3.63, 3.8) is 0 Å². The standard InChI is InChI=1S/C13H18N4O3/c18-10-3-7-17(8-4-11-14-9-15-20-11)12(19)13(16-10)5-1-2-6-13/h9H,1-8H2,(H,16,18). The molecule has 3 rings (SSSR count). The average molecular weight is 278 g/mol. The number of hydrogen-bond donors (Lipinski definition) is 1. The molecule has 2 aliphatic rings. The van der Waals surface area contributed by atoms with Crippen molar-refractivity contribution >= 4 is 11.8 Å². The van der Waals surface area contributed by atoms with Gasteiger partial charge in [-0.15, -0.1) is 0 Å². The smallest absolute Gasteiger partial charge is 0.248 e. The van der Waals surface area contributed by atoms with Crippen LogP contribution in [0.2, 0.25) is 0 Å². The van der Waals surface area contributed by atoms with E-state index in [1.807, 2.05) is 0 Å². The van der Waals surface area contributed by atoms with Crippen LogP contribution in [0.25, 0.3) is 0 Å². The van der Waals surface area contributed by atoms with Gasteiger partial charge in [-0.25, -0.2) is 0 Å². The highest BCUT2D eigenvalue weighted by Gasteiger charge is 2.46. The topological polar surface area (TPSA) is 88.3 Å². The molecule has 0 radical (unpaired) electrons. The van der Waals surface area contributed by atoms with Crippen LogP contribution < -0.4 is 5.32 Å². The minimum Gasteiger partial charge on any atom is -0.342 e. The Morgan fingerprint density at radius 2 is 2.15 bits per heavy atom. The summed E-state index contributed by atoms with van der Waals surface area (Å²) in [5, 5.41) is 6.50. The SMILES string of the molecule is O=C1CCN(CCc2ncno2)C(=O)C2(CCCC2)N1. The van der Waals surface area contributed by atoms with E-state index >= 15 is 0 Å². The number of carbonyl (C=O) groups excluding carboxylic acids is 2. The lowest BCUT2D eigenvalue weighted by molar-refractivity contribution is -0.138. The van der Waals surface area contributed by atoms with E-state index in [1.54, 1.807) is 4.90 Å².